The molecule has 172 valence electrons. The summed E-state index contributed by atoms with van der Waals surface area (Å²) < 4.78 is 0. The maximum atomic E-state index is 12.8. The van der Waals surface area contributed by atoms with E-state index >= 15 is 0 Å². The van der Waals surface area contributed by atoms with Gasteiger partial charge in [-0.05, 0) is 55.5 Å². The van der Waals surface area contributed by atoms with Crippen molar-refractivity contribution < 1.29 is 9.59 Å². The van der Waals surface area contributed by atoms with Gasteiger partial charge in [0.15, 0.2) is 0 Å². The molecule has 1 aliphatic heterocycles. The maximum Gasteiger partial charge on any atom is 0.259 e. The Labute approximate surface area is 195 Å². The SMILES string of the molecule is CC(=O)Nc1ccc(C(=O)N2CCN(Cc3nc4sc5c(c4c(=O)[nH]3)CCCC5)CC2)cc1. The molecule has 1 aromatic carbocycles. The first-order valence-electron chi connectivity index (χ1n) is 11.4. The molecule has 2 N–H and O–H groups in total. The van der Waals surface area contributed by atoms with Crippen LogP contribution in [0, 0.1) is 0 Å². The first-order valence-corrected chi connectivity index (χ1v) is 12.2. The monoisotopic (exact) mass is 465 g/mol. The number of carbonyl (C=O) groups excluding carboxylic acids is 2. The molecule has 5 rings (SSSR count). The highest BCUT2D eigenvalue weighted by Gasteiger charge is 2.24. The van der Waals surface area contributed by atoms with Crippen LogP contribution in [0.3, 0.4) is 0 Å². The molecule has 0 unspecified atom stereocenters. The first-order chi connectivity index (χ1) is 16.0. The van der Waals surface area contributed by atoms with Crippen LogP contribution in [0.5, 0.6) is 0 Å². The Kier molecular flexibility index (Phi) is 5.99. The first kappa shape index (κ1) is 21.8. The molecule has 33 heavy (non-hydrogen) atoms. The molecule has 3 heterocycles. The molecular formula is C24H27N5O3S. The normalized spacial score (nSPS) is 16.6. The van der Waals surface area contributed by atoms with Crippen molar-refractivity contribution in [2.75, 3.05) is 31.5 Å². The number of piperazine rings is 1. The standard InChI is InChI=1S/C24H27N5O3S/c1-15(30)25-17-8-6-16(7-9-17)24(32)29-12-10-28(11-13-29)14-20-26-22(31)21-18-4-2-3-5-19(18)33-23(21)27-20/h6-9H,2-5,10-14H2,1H3,(H,25,30)(H,26,27,31). The van der Waals surface area contributed by atoms with Crippen molar-refractivity contribution in [1.82, 2.24) is 19.8 Å². The number of carbonyl (C=O) groups is 2. The van der Waals surface area contributed by atoms with Crippen LogP contribution in [-0.2, 0) is 24.2 Å². The number of H-pyrrole nitrogens is 1. The van der Waals surface area contributed by atoms with Crippen molar-refractivity contribution in [3.8, 4) is 0 Å². The number of aromatic amines is 1. The van der Waals surface area contributed by atoms with Crippen molar-refractivity contribution >= 4 is 39.1 Å². The number of hydrogen-bond donors (Lipinski definition) is 2. The molecule has 0 spiro atoms. The Morgan fingerprint density at radius 1 is 1.09 bits per heavy atom. The minimum Gasteiger partial charge on any atom is -0.336 e. The third kappa shape index (κ3) is 4.56. The van der Waals surface area contributed by atoms with Crippen LogP contribution in [0.1, 0.15) is 46.4 Å². The van der Waals surface area contributed by atoms with Crippen molar-refractivity contribution in [3.63, 3.8) is 0 Å². The van der Waals surface area contributed by atoms with Crippen molar-refractivity contribution in [1.29, 1.82) is 0 Å². The third-order valence-electron chi connectivity index (χ3n) is 6.36. The second-order valence-electron chi connectivity index (χ2n) is 8.73. The number of fused-ring (bicyclic) bond motifs is 3. The van der Waals surface area contributed by atoms with E-state index in [1.807, 2.05) is 4.90 Å². The molecule has 0 saturated carbocycles. The molecule has 2 aliphatic rings. The van der Waals surface area contributed by atoms with E-state index < -0.39 is 0 Å². The number of rotatable bonds is 4. The zero-order chi connectivity index (χ0) is 22.9. The molecule has 1 aliphatic carbocycles. The van der Waals surface area contributed by atoms with E-state index in [2.05, 4.69) is 15.2 Å². The molecule has 3 aromatic rings. The predicted octanol–water partition coefficient (Wildman–Crippen LogP) is 2.78. The van der Waals surface area contributed by atoms with Crippen LogP contribution in [0.15, 0.2) is 29.1 Å². The van der Waals surface area contributed by atoms with Gasteiger partial charge in [-0.25, -0.2) is 4.98 Å². The number of aryl methyl sites for hydroxylation is 2. The van der Waals surface area contributed by atoms with Gasteiger partial charge in [0.2, 0.25) is 5.91 Å². The number of benzene rings is 1. The lowest BCUT2D eigenvalue weighted by Crippen LogP contribution is -2.48. The largest absolute Gasteiger partial charge is 0.336 e. The van der Waals surface area contributed by atoms with Gasteiger partial charge in [0, 0.05) is 49.2 Å². The Morgan fingerprint density at radius 3 is 2.55 bits per heavy atom. The highest BCUT2D eigenvalue weighted by atomic mass is 32.1. The highest BCUT2D eigenvalue weighted by molar-refractivity contribution is 7.18. The minimum atomic E-state index is -0.140. The van der Waals surface area contributed by atoms with E-state index in [1.54, 1.807) is 35.6 Å². The van der Waals surface area contributed by atoms with Gasteiger partial charge in [0.05, 0.1) is 11.9 Å². The number of amides is 2. The fourth-order valence-corrected chi connectivity index (χ4v) is 5.97. The van der Waals surface area contributed by atoms with E-state index in [9.17, 15) is 14.4 Å². The molecule has 2 amide bonds. The highest BCUT2D eigenvalue weighted by Crippen LogP contribution is 2.33. The summed E-state index contributed by atoms with van der Waals surface area (Å²) in [7, 11) is 0. The Balaban J connectivity index is 1.22. The van der Waals surface area contributed by atoms with Crippen LogP contribution in [0.4, 0.5) is 5.69 Å². The van der Waals surface area contributed by atoms with E-state index in [0.29, 0.717) is 36.7 Å². The van der Waals surface area contributed by atoms with Gasteiger partial charge in [0.1, 0.15) is 10.7 Å². The second kappa shape index (κ2) is 9.07. The van der Waals surface area contributed by atoms with Gasteiger partial charge >= 0.3 is 0 Å². The number of hydrogen-bond acceptors (Lipinski definition) is 6. The topological polar surface area (TPSA) is 98.4 Å². The van der Waals surface area contributed by atoms with E-state index in [0.717, 1.165) is 42.6 Å². The van der Waals surface area contributed by atoms with Crippen LogP contribution >= 0.6 is 11.3 Å². The molecule has 8 nitrogen and oxygen atoms in total. The van der Waals surface area contributed by atoms with Gasteiger partial charge in [-0.2, -0.15) is 0 Å². The number of anilines is 1. The molecule has 0 radical (unpaired) electrons. The summed E-state index contributed by atoms with van der Waals surface area (Å²) in [4.78, 5) is 50.8. The second-order valence-corrected chi connectivity index (χ2v) is 9.81. The van der Waals surface area contributed by atoms with Gasteiger partial charge in [-0.3, -0.25) is 19.3 Å². The fourth-order valence-electron chi connectivity index (χ4n) is 4.69. The summed E-state index contributed by atoms with van der Waals surface area (Å²) in [5, 5.41) is 3.50. The molecule has 0 atom stereocenters. The zero-order valence-corrected chi connectivity index (χ0v) is 19.5. The number of aromatic nitrogens is 2. The van der Waals surface area contributed by atoms with Crippen LogP contribution in [-0.4, -0.2) is 57.8 Å². The molecule has 1 fully saturated rings. The van der Waals surface area contributed by atoms with E-state index in [-0.39, 0.29) is 17.4 Å². The maximum absolute atomic E-state index is 12.8. The Hall–Kier alpha value is -3.04. The predicted molar refractivity (Wildman–Crippen MR) is 129 cm³/mol. The van der Waals surface area contributed by atoms with Gasteiger partial charge in [-0.1, -0.05) is 0 Å². The van der Waals surface area contributed by atoms with Crippen molar-refractivity contribution in [2.45, 2.75) is 39.2 Å². The lowest BCUT2D eigenvalue weighted by molar-refractivity contribution is -0.114. The van der Waals surface area contributed by atoms with Gasteiger partial charge in [-0.15, -0.1) is 11.3 Å². The van der Waals surface area contributed by atoms with E-state index in [1.165, 1.54) is 23.8 Å². The summed E-state index contributed by atoms with van der Waals surface area (Å²) in [6, 6.07) is 6.96. The van der Waals surface area contributed by atoms with Crippen molar-refractivity contribution in [3.05, 3.63) is 56.4 Å². The quantitative estimate of drug-likeness (QED) is 0.617. The molecule has 0 bridgehead atoms. The fraction of sp³-hybridized carbons (Fsp3) is 0.417. The van der Waals surface area contributed by atoms with Gasteiger partial charge in [0.25, 0.3) is 11.5 Å². The molecule has 2 aromatic heterocycles. The van der Waals surface area contributed by atoms with Crippen molar-refractivity contribution in [2.24, 2.45) is 0 Å². The van der Waals surface area contributed by atoms with E-state index in [4.69, 9.17) is 4.98 Å². The Bertz CT molecular complexity index is 1260. The lowest BCUT2D eigenvalue weighted by atomic mass is 9.97. The average molecular weight is 466 g/mol. The summed E-state index contributed by atoms with van der Waals surface area (Å²) in [5.41, 5.74) is 2.47. The van der Waals surface area contributed by atoms with Crippen LogP contribution in [0.25, 0.3) is 10.2 Å². The van der Waals surface area contributed by atoms with Gasteiger partial charge < -0.3 is 15.2 Å². The Morgan fingerprint density at radius 2 is 1.82 bits per heavy atom. The summed E-state index contributed by atoms with van der Waals surface area (Å²) in [6.45, 7) is 4.70. The number of nitrogens with one attached hydrogen (secondary N) is 2. The average Bonchev–Trinajstić information content (AvgIpc) is 3.18. The van der Waals surface area contributed by atoms with Crippen LogP contribution < -0.4 is 10.9 Å². The lowest BCUT2D eigenvalue weighted by Gasteiger charge is -2.34. The smallest absolute Gasteiger partial charge is 0.259 e. The third-order valence-corrected chi connectivity index (χ3v) is 7.54. The van der Waals surface area contributed by atoms with Crippen LogP contribution in [0.2, 0.25) is 0 Å². The number of nitrogens with zero attached hydrogens (tertiary/aromatic N) is 3. The molecule has 9 heteroatoms. The summed E-state index contributed by atoms with van der Waals surface area (Å²) >= 11 is 1.67. The summed E-state index contributed by atoms with van der Waals surface area (Å²) in [6.07, 6.45) is 4.36. The number of thiophene rings is 1. The molecule has 1 saturated heterocycles. The molecular weight excluding hydrogens is 438 g/mol. The minimum absolute atomic E-state index is 0.0128. The summed E-state index contributed by atoms with van der Waals surface area (Å²) in [5.74, 6) is 0.541. The zero-order valence-electron chi connectivity index (χ0n) is 18.6.